The molecule has 1 aromatic carbocycles. The molecule has 0 radical (unpaired) electrons. The second-order valence-corrected chi connectivity index (χ2v) is 5.40. The number of carbonyl (C=O) groups is 2. The van der Waals surface area contributed by atoms with Gasteiger partial charge in [0.05, 0.1) is 20.2 Å². The van der Waals surface area contributed by atoms with Crippen LogP contribution in [0.2, 0.25) is 0 Å². The molecule has 1 saturated heterocycles. The Morgan fingerprint density at radius 3 is 2.57 bits per heavy atom. The number of nitrogens with one attached hydrogen (secondary N) is 1. The van der Waals surface area contributed by atoms with E-state index in [4.69, 9.17) is 9.47 Å². The third-order valence-corrected chi connectivity index (χ3v) is 3.30. The highest BCUT2D eigenvalue weighted by Crippen LogP contribution is 2.25. The molecule has 6 nitrogen and oxygen atoms in total. The summed E-state index contributed by atoms with van der Waals surface area (Å²) in [4.78, 5) is 25.3. The monoisotopic (exact) mass is 292 g/mol. The Morgan fingerprint density at radius 1 is 1.24 bits per heavy atom. The summed E-state index contributed by atoms with van der Waals surface area (Å²) in [5.74, 6) is 0.997. The smallest absolute Gasteiger partial charge is 0.248 e. The number of nitrogens with zero attached hydrogens (tertiary/aromatic N) is 1. The molecule has 1 N–H and O–H groups in total. The maximum Gasteiger partial charge on any atom is 0.248 e. The van der Waals surface area contributed by atoms with Crippen molar-refractivity contribution in [1.82, 2.24) is 10.2 Å². The predicted octanol–water partition coefficient (Wildman–Crippen LogP) is 0.811. The Morgan fingerprint density at radius 2 is 1.90 bits per heavy atom. The predicted molar refractivity (Wildman–Crippen MR) is 77.3 cm³/mol. The van der Waals surface area contributed by atoms with Gasteiger partial charge in [0.1, 0.15) is 12.1 Å². The van der Waals surface area contributed by atoms with Crippen LogP contribution in [0.4, 0.5) is 0 Å². The van der Waals surface area contributed by atoms with Crippen LogP contribution in [0.3, 0.4) is 0 Å². The SMILES string of the molecule is COc1ccccc1OCCN1CC(=O)NC(C)(C)C1=O. The second-order valence-electron chi connectivity index (χ2n) is 5.40. The molecule has 2 rings (SSSR count). The molecule has 0 unspecified atom stereocenters. The fraction of sp³-hybridized carbons (Fsp3) is 0.467. The number of hydrogen-bond acceptors (Lipinski definition) is 4. The van der Waals surface area contributed by atoms with E-state index in [0.29, 0.717) is 24.7 Å². The summed E-state index contributed by atoms with van der Waals surface area (Å²) in [6.07, 6.45) is 0. The molecule has 1 heterocycles. The first kappa shape index (κ1) is 15.2. The van der Waals surface area contributed by atoms with Gasteiger partial charge in [-0.1, -0.05) is 12.1 Å². The first-order valence-corrected chi connectivity index (χ1v) is 6.80. The molecule has 0 aromatic heterocycles. The third-order valence-electron chi connectivity index (χ3n) is 3.30. The van der Waals surface area contributed by atoms with E-state index in [2.05, 4.69) is 5.32 Å². The molecule has 0 bridgehead atoms. The Hall–Kier alpha value is -2.24. The molecule has 114 valence electrons. The lowest BCUT2D eigenvalue weighted by Gasteiger charge is -2.37. The van der Waals surface area contributed by atoms with Gasteiger partial charge in [0.15, 0.2) is 11.5 Å². The van der Waals surface area contributed by atoms with Gasteiger partial charge < -0.3 is 19.7 Å². The van der Waals surface area contributed by atoms with Crippen LogP contribution in [0.25, 0.3) is 0 Å². The summed E-state index contributed by atoms with van der Waals surface area (Å²) in [7, 11) is 1.57. The van der Waals surface area contributed by atoms with Crippen LogP contribution < -0.4 is 14.8 Å². The van der Waals surface area contributed by atoms with Crippen LogP contribution >= 0.6 is 0 Å². The average molecular weight is 292 g/mol. The molecular formula is C15H20N2O4. The van der Waals surface area contributed by atoms with E-state index in [0.717, 1.165) is 0 Å². The summed E-state index contributed by atoms with van der Waals surface area (Å²) in [6.45, 7) is 4.11. The van der Waals surface area contributed by atoms with Crippen LogP contribution in [0.1, 0.15) is 13.8 Å². The largest absolute Gasteiger partial charge is 0.493 e. The van der Waals surface area contributed by atoms with Gasteiger partial charge in [-0.25, -0.2) is 0 Å². The number of para-hydroxylation sites is 2. The summed E-state index contributed by atoms with van der Waals surface area (Å²) in [5.41, 5.74) is -0.861. The maximum absolute atomic E-state index is 12.2. The summed E-state index contributed by atoms with van der Waals surface area (Å²) >= 11 is 0. The number of ether oxygens (including phenoxy) is 2. The van der Waals surface area contributed by atoms with E-state index >= 15 is 0 Å². The van der Waals surface area contributed by atoms with Crippen molar-refractivity contribution in [3.63, 3.8) is 0 Å². The van der Waals surface area contributed by atoms with Gasteiger partial charge in [0.2, 0.25) is 11.8 Å². The first-order valence-electron chi connectivity index (χ1n) is 6.80. The molecule has 2 amide bonds. The summed E-state index contributed by atoms with van der Waals surface area (Å²) in [5, 5.41) is 2.67. The van der Waals surface area contributed by atoms with Crippen molar-refractivity contribution in [2.75, 3.05) is 26.8 Å². The van der Waals surface area contributed by atoms with Crippen molar-refractivity contribution >= 4 is 11.8 Å². The minimum absolute atomic E-state index is 0.0670. The van der Waals surface area contributed by atoms with Gasteiger partial charge in [-0.05, 0) is 26.0 Å². The van der Waals surface area contributed by atoms with E-state index in [-0.39, 0.29) is 18.4 Å². The number of methoxy groups -OCH3 is 1. The van der Waals surface area contributed by atoms with Crippen LogP contribution in [0.15, 0.2) is 24.3 Å². The topological polar surface area (TPSA) is 67.9 Å². The molecule has 0 atom stereocenters. The van der Waals surface area contributed by atoms with Crippen molar-refractivity contribution in [3.8, 4) is 11.5 Å². The average Bonchev–Trinajstić information content (AvgIpc) is 2.44. The van der Waals surface area contributed by atoms with Gasteiger partial charge in [0, 0.05) is 0 Å². The normalized spacial score (nSPS) is 17.4. The fourth-order valence-electron chi connectivity index (χ4n) is 2.27. The Kier molecular flexibility index (Phi) is 4.35. The molecule has 6 heteroatoms. The van der Waals surface area contributed by atoms with Crippen LogP contribution in [-0.4, -0.2) is 49.1 Å². The van der Waals surface area contributed by atoms with Crippen LogP contribution in [-0.2, 0) is 9.59 Å². The van der Waals surface area contributed by atoms with Gasteiger partial charge in [0.25, 0.3) is 0 Å². The van der Waals surface area contributed by atoms with E-state index in [1.807, 2.05) is 12.1 Å². The molecule has 0 saturated carbocycles. The number of carbonyl (C=O) groups excluding carboxylic acids is 2. The first-order chi connectivity index (χ1) is 9.94. The molecule has 1 aliphatic rings. The second kappa shape index (κ2) is 6.03. The zero-order valence-corrected chi connectivity index (χ0v) is 12.5. The van der Waals surface area contributed by atoms with E-state index < -0.39 is 5.54 Å². The highest BCUT2D eigenvalue weighted by Gasteiger charge is 2.38. The molecular weight excluding hydrogens is 272 g/mol. The van der Waals surface area contributed by atoms with Crippen LogP contribution in [0.5, 0.6) is 11.5 Å². The summed E-state index contributed by atoms with van der Waals surface area (Å²) in [6, 6.07) is 7.30. The lowest BCUT2D eigenvalue weighted by atomic mass is 10.0. The fourth-order valence-corrected chi connectivity index (χ4v) is 2.27. The van der Waals surface area contributed by atoms with Crippen molar-refractivity contribution in [3.05, 3.63) is 24.3 Å². The van der Waals surface area contributed by atoms with Crippen molar-refractivity contribution < 1.29 is 19.1 Å². The third kappa shape index (κ3) is 3.45. The molecule has 1 aliphatic heterocycles. The van der Waals surface area contributed by atoms with Crippen molar-refractivity contribution in [2.45, 2.75) is 19.4 Å². The number of hydrogen-bond donors (Lipinski definition) is 1. The molecule has 0 aliphatic carbocycles. The quantitative estimate of drug-likeness (QED) is 0.872. The Bertz CT molecular complexity index is 542. The molecule has 0 spiro atoms. The molecule has 1 fully saturated rings. The minimum Gasteiger partial charge on any atom is -0.493 e. The van der Waals surface area contributed by atoms with Gasteiger partial charge in [-0.15, -0.1) is 0 Å². The maximum atomic E-state index is 12.2. The number of amides is 2. The highest BCUT2D eigenvalue weighted by atomic mass is 16.5. The highest BCUT2D eigenvalue weighted by molar-refractivity contribution is 5.97. The van der Waals surface area contributed by atoms with Gasteiger partial charge in [-0.2, -0.15) is 0 Å². The van der Waals surface area contributed by atoms with E-state index in [1.54, 1.807) is 33.1 Å². The van der Waals surface area contributed by atoms with Crippen molar-refractivity contribution in [2.24, 2.45) is 0 Å². The minimum atomic E-state index is -0.861. The summed E-state index contributed by atoms with van der Waals surface area (Å²) < 4.78 is 10.8. The lowest BCUT2D eigenvalue weighted by Crippen LogP contribution is -2.64. The molecule has 21 heavy (non-hydrogen) atoms. The number of benzene rings is 1. The van der Waals surface area contributed by atoms with Gasteiger partial charge >= 0.3 is 0 Å². The Labute approximate surface area is 124 Å². The van der Waals surface area contributed by atoms with Crippen LogP contribution in [0, 0.1) is 0 Å². The number of rotatable bonds is 5. The standard InChI is InChI=1S/C15H20N2O4/c1-15(2)14(19)17(10-13(18)16-15)8-9-21-12-7-5-4-6-11(12)20-3/h4-7H,8-10H2,1-3H3,(H,16,18). The Balaban J connectivity index is 1.94. The molecule has 1 aromatic rings. The van der Waals surface area contributed by atoms with Crippen molar-refractivity contribution in [1.29, 1.82) is 0 Å². The zero-order valence-electron chi connectivity index (χ0n) is 12.5. The zero-order chi connectivity index (χ0) is 15.5. The van der Waals surface area contributed by atoms with E-state index in [9.17, 15) is 9.59 Å². The number of piperazine rings is 1. The van der Waals surface area contributed by atoms with Gasteiger partial charge in [-0.3, -0.25) is 9.59 Å². The van der Waals surface area contributed by atoms with E-state index in [1.165, 1.54) is 4.90 Å². The lowest BCUT2D eigenvalue weighted by molar-refractivity contribution is -0.148.